The summed E-state index contributed by atoms with van der Waals surface area (Å²) in [6.45, 7) is -1.69. The number of aliphatic hydroxyl groups is 11. The van der Waals surface area contributed by atoms with Crippen LogP contribution >= 0.6 is 0 Å². The first-order valence-corrected chi connectivity index (χ1v) is 13.0. The van der Waals surface area contributed by atoms with Crippen LogP contribution in [0.1, 0.15) is 5.56 Å². The lowest BCUT2D eigenvalue weighted by atomic mass is 9.69. The topological polar surface area (TPSA) is 295 Å². The Balaban J connectivity index is 1.88. The Labute approximate surface area is 242 Å². The predicted octanol–water partition coefficient (Wildman–Crippen LogP) is -4.40. The summed E-state index contributed by atoms with van der Waals surface area (Å²) in [5, 5.41) is 125. The van der Waals surface area contributed by atoms with E-state index in [1.807, 2.05) is 0 Å². The molecule has 0 radical (unpaired) electrons. The molecule has 12 N–H and O–H groups in total. The third kappa shape index (κ3) is 5.59. The van der Waals surface area contributed by atoms with E-state index in [0.717, 1.165) is 6.08 Å². The Morgan fingerprint density at radius 2 is 1.56 bits per heavy atom. The monoisotopic (exact) mass is 612 g/mol. The lowest BCUT2D eigenvalue weighted by Gasteiger charge is -2.47. The van der Waals surface area contributed by atoms with Crippen molar-refractivity contribution in [2.45, 2.75) is 66.6 Å². The first-order valence-electron chi connectivity index (χ1n) is 13.0. The van der Waals surface area contributed by atoms with Gasteiger partial charge in [0.25, 0.3) is 0 Å². The molecule has 43 heavy (non-hydrogen) atoms. The van der Waals surface area contributed by atoms with E-state index in [1.54, 1.807) is 0 Å². The van der Waals surface area contributed by atoms with Crippen LogP contribution in [0.25, 0.3) is 6.08 Å². The molecule has 0 aromatic heterocycles. The van der Waals surface area contributed by atoms with Crippen molar-refractivity contribution in [3.8, 4) is 5.75 Å². The molecule has 236 valence electrons. The Bertz CT molecular complexity index is 1320. The van der Waals surface area contributed by atoms with Crippen LogP contribution in [-0.4, -0.2) is 153 Å². The Kier molecular flexibility index (Phi) is 9.41. The molecule has 11 atom stereocenters. The second-order valence-corrected chi connectivity index (χ2v) is 10.4. The number of hydrogen-bond donors (Lipinski definition) is 12. The van der Waals surface area contributed by atoms with Gasteiger partial charge in [0, 0.05) is 0 Å². The Hall–Kier alpha value is -3.26. The molecule has 6 unspecified atom stereocenters. The molecule has 1 aliphatic carbocycles. The largest absolute Gasteiger partial charge is 0.508 e. The lowest BCUT2D eigenvalue weighted by molar-refractivity contribution is -0.261. The molecule has 2 saturated heterocycles. The van der Waals surface area contributed by atoms with Gasteiger partial charge in [-0.25, -0.2) is 0 Å². The van der Waals surface area contributed by atoms with Crippen molar-refractivity contribution in [3.63, 3.8) is 0 Å². The molecule has 0 amide bonds. The van der Waals surface area contributed by atoms with Crippen molar-refractivity contribution < 1.29 is 80.3 Å². The zero-order valence-corrected chi connectivity index (χ0v) is 22.2. The number of ketones is 2. The smallest absolute Gasteiger partial charge is 0.219 e. The van der Waals surface area contributed by atoms with Gasteiger partial charge in [0.05, 0.1) is 18.8 Å². The van der Waals surface area contributed by atoms with Gasteiger partial charge in [-0.1, -0.05) is 18.2 Å². The Morgan fingerprint density at radius 1 is 0.930 bits per heavy atom. The highest BCUT2D eigenvalue weighted by molar-refractivity contribution is 6.28. The van der Waals surface area contributed by atoms with E-state index in [9.17, 15) is 70.9 Å². The number of hydrogen-bond acceptors (Lipinski definition) is 16. The van der Waals surface area contributed by atoms with Crippen LogP contribution in [0.3, 0.4) is 0 Å². The number of phenols is 1. The second-order valence-electron chi connectivity index (χ2n) is 10.4. The van der Waals surface area contributed by atoms with Crippen LogP contribution in [-0.2, 0) is 19.1 Å². The first kappa shape index (κ1) is 32.6. The molecule has 4 rings (SSSR count). The van der Waals surface area contributed by atoms with Crippen LogP contribution in [0.2, 0.25) is 0 Å². The third-order valence-electron chi connectivity index (χ3n) is 7.69. The molecule has 2 fully saturated rings. The van der Waals surface area contributed by atoms with E-state index < -0.39 is 114 Å². The number of rotatable bonds is 6. The van der Waals surface area contributed by atoms with Gasteiger partial charge in [-0.2, -0.15) is 0 Å². The number of carbonyl (C=O) groups is 2. The molecular formula is C27H32O16. The zero-order valence-electron chi connectivity index (χ0n) is 22.2. The average Bonchev–Trinajstić information content (AvgIpc) is 2.97. The van der Waals surface area contributed by atoms with E-state index in [4.69, 9.17) is 9.47 Å². The van der Waals surface area contributed by atoms with Gasteiger partial charge in [-0.3, -0.25) is 9.59 Å². The number of carbonyl (C=O) groups excluding carboxylic acids is 2. The summed E-state index contributed by atoms with van der Waals surface area (Å²) in [7, 11) is 0. The van der Waals surface area contributed by atoms with Gasteiger partial charge >= 0.3 is 0 Å². The fourth-order valence-corrected chi connectivity index (χ4v) is 5.18. The van der Waals surface area contributed by atoms with Gasteiger partial charge in [0.1, 0.15) is 83.9 Å². The Morgan fingerprint density at radius 3 is 2.16 bits per heavy atom. The van der Waals surface area contributed by atoms with E-state index >= 15 is 0 Å². The van der Waals surface area contributed by atoms with Gasteiger partial charge in [-0.05, 0) is 23.8 Å². The molecule has 0 spiro atoms. The van der Waals surface area contributed by atoms with Gasteiger partial charge < -0.3 is 70.8 Å². The van der Waals surface area contributed by atoms with Crippen molar-refractivity contribution in [2.75, 3.05) is 13.2 Å². The maximum atomic E-state index is 13.8. The number of aromatic hydroxyl groups is 1. The number of phenolic OH excluding ortho intramolecular Hbond substituents is 1. The van der Waals surface area contributed by atoms with Crippen LogP contribution in [0.4, 0.5) is 0 Å². The van der Waals surface area contributed by atoms with Crippen molar-refractivity contribution in [3.05, 3.63) is 58.6 Å². The van der Waals surface area contributed by atoms with Crippen LogP contribution in [0, 0.1) is 0 Å². The van der Waals surface area contributed by atoms with E-state index in [0.29, 0.717) is 5.56 Å². The van der Waals surface area contributed by atoms with E-state index in [-0.39, 0.29) is 5.75 Å². The molecule has 16 nitrogen and oxygen atoms in total. The molecular weight excluding hydrogens is 580 g/mol. The molecule has 0 bridgehead atoms. The summed E-state index contributed by atoms with van der Waals surface area (Å²) in [6.07, 6.45) is -18.7. The molecule has 3 aliphatic rings. The maximum absolute atomic E-state index is 13.8. The SMILES string of the molecule is O=C1C(C(O)C2OCC(O)C(O)C2O)=C(O)/C(=C(O)\C=C\c2ccc(O)cc2)C(=O)C1(O)[C@@H]1O[C@H](CO)[C@@H](O)[C@H](O)[C@H]1O. The number of aliphatic hydroxyl groups excluding tert-OH is 10. The number of ether oxygens (including phenoxy) is 2. The minimum Gasteiger partial charge on any atom is -0.508 e. The van der Waals surface area contributed by atoms with Gasteiger partial charge in [0.2, 0.25) is 17.2 Å². The van der Waals surface area contributed by atoms with Crippen molar-refractivity contribution >= 4 is 17.6 Å². The number of Topliss-reactive ketones (excluding diaryl/α,β-unsaturated/α-hetero) is 2. The summed E-state index contributed by atoms with van der Waals surface area (Å²) >= 11 is 0. The highest BCUT2D eigenvalue weighted by atomic mass is 16.6. The molecule has 16 heteroatoms. The summed E-state index contributed by atoms with van der Waals surface area (Å²) < 4.78 is 10.4. The second kappa shape index (κ2) is 12.4. The van der Waals surface area contributed by atoms with Crippen molar-refractivity contribution in [2.24, 2.45) is 0 Å². The quantitative estimate of drug-likeness (QED) is 0.0820. The molecule has 1 aromatic carbocycles. The highest BCUT2D eigenvalue weighted by Crippen LogP contribution is 2.41. The summed E-state index contributed by atoms with van der Waals surface area (Å²) in [5.74, 6) is -6.22. The zero-order chi connectivity index (χ0) is 32.0. The third-order valence-corrected chi connectivity index (χ3v) is 7.69. The molecule has 0 saturated carbocycles. The lowest BCUT2D eigenvalue weighted by Crippen LogP contribution is -2.71. The summed E-state index contributed by atoms with van der Waals surface area (Å²) in [5.41, 5.74) is -5.76. The summed E-state index contributed by atoms with van der Waals surface area (Å²) in [6, 6.07) is 5.37. The van der Waals surface area contributed by atoms with E-state index in [1.165, 1.54) is 30.3 Å². The van der Waals surface area contributed by atoms with Crippen LogP contribution < -0.4 is 0 Å². The normalized spacial score (nSPS) is 39.3. The number of allylic oxidation sites excluding steroid dienone is 2. The van der Waals surface area contributed by atoms with Crippen molar-refractivity contribution in [1.29, 1.82) is 0 Å². The molecule has 2 heterocycles. The van der Waals surface area contributed by atoms with E-state index in [2.05, 4.69) is 0 Å². The standard InChI is InChI=1S/C27H32O16/c28-7-13-17(33)20(36)22(38)26(43-13)27(41)24(39)14(11(30)6-3-9-1-4-10(29)5-2-9)18(34)15(25(27)40)19(35)23-21(37)16(32)12(31)8-42-23/h1-6,12-13,16-17,19-23,26,28-38,41H,7-8H2/b6-3+,14-11-/t12?,13-,16?,17-,19?,20+,21?,22-,23?,26-,27?/m1/s1. The maximum Gasteiger partial charge on any atom is 0.219 e. The van der Waals surface area contributed by atoms with Crippen LogP contribution in [0.15, 0.2) is 53.0 Å². The van der Waals surface area contributed by atoms with Gasteiger partial charge in [0.15, 0.2) is 0 Å². The fourth-order valence-electron chi connectivity index (χ4n) is 5.18. The highest BCUT2D eigenvalue weighted by Gasteiger charge is 2.65. The van der Waals surface area contributed by atoms with Crippen molar-refractivity contribution in [1.82, 2.24) is 0 Å². The predicted molar refractivity (Wildman–Crippen MR) is 139 cm³/mol. The molecule has 2 aliphatic heterocycles. The minimum atomic E-state index is -3.65. The average molecular weight is 613 g/mol. The minimum absolute atomic E-state index is 0.0887. The van der Waals surface area contributed by atoms with Gasteiger partial charge in [-0.15, -0.1) is 0 Å². The van der Waals surface area contributed by atoms with Crippen LogP contribution in [0.5, 0.6) is 5.75 Å². The molecule has 1 aromatic rings. The first-order chi connectivity index (χ1) is 20.2. The number of benzene rings is 1. The fraction of sp³-hybridized carbons (Fsp3) is 0.481. The summed E-state index contributed by atoms with van der Waals surface area (Å²) in [4.78, 5) is 27.5.